The van der Waals surface area contributed by atoms with Crippen LogP contribution in [0.25, 0.3) is 0 Å². The van der Waals surface area contributed by atoms with Crippen molar-refractivity contribution in [3.8, 4) is 0 Å². The van der Waals surface area contributed by atoms with E-state index in [2.05, 4.69) is 4.98 Å². The molecular weight excluding hydrogens is 235 g/mol. The Hall–Kier alpha value is -1.43. The van der Waals surface area contributed by atoms with Gasteiger partial charge < -0.3 is 4.74 Å². The molecule has 0 unspecified atom stereocenters. The van der Waals surface area contributed by atoms with E-state index in [9.17, 15) is 18.0 Å². The highest BCUT2D eigenvalue weighted by Crippen LogP contribution is 2.28. The lowest BCUT2D eigenvalue weighted by Crippen LogP contribution is -2.15. The van der Waals surface area contributed by atoms with Gasteiger partial charge in [-0.3, -0.25) is 9.78 Å². The van der Waals surface area contributed by atoms with Gasteiger partial charge in [0, 0.05) is 6.20 Å². The molecule has 3 nitrogen and oxygen atoms in total. The van der Waals surface area contributed by atoms with E-state index in [0.29, 0.717) is 6.20 Å². The minimum atomic E-state index is -4.44. The molecule has 0 bridgehead atoms. The van der Waals surface area contributed by atoms with Crippen LogP contribution in [-0.4, -0.2) is 23.5 Å². The predicted octanol–water partition coefficient (Wildman–Crippen LogP) is 2.71. The number of carbonyl (C=O) groups is 1. The molecule has 0 spiro atoms. The Morgan fingerprint density at radius 2 is 2.06 bits per heavy atom. The van der Waals surface area contributed by atoms with E-state index in [1.165, 1.54) is 0 Å². The summed E-state index contributed by atoms with van der Waals surface area (Å²) in [6, 6.07) is 1.88. The van der Waals surface area contributed by atoms with Gasteiger partial charge in [0.15, 0.2) is 0 Å². The molecule has 0 fully saturated rings. The zero-order chi connectivity index (χ0) is 13.1. The first kappa shape index (κ1) is 13.6. The van der Waals surface area contributed by atoms with Gasteiger partial charge >= 0.3 is 6.18 Å². The van der Waals surface area contributed by atoms with Gasteiger partial charge in [-0.1, -0.05) is 0 Å². The summed E-state index contributed by atoms with van der Waals surface area (Å²) >= 11 is 0. The molecule has 94 valence electrons. The summed E-state index contributed by atoms with van der Waals surface area (Å²) in [5, 5.41) is 0. The molecule has 0 atom stereocenters. The summed E-state index contributed by atoms with van der Waals surface area (Å²) in [5.41, 5.74) is -0.905. The Morgan fingerprint density at radius 1 is 1.41 bits per heavy atom. The Bertz CT molecular complexity index is 385. The molecule has 1 rings (SSSR count). The Labute approximate surface area is 96.6 Å². The molecule has 0 saturated carbocycles. The van der Waals surface area contributed by atoms with Gasteiger partial charge in [-0.05, 0) is 26.0 Å². The number of aromatic nitrogens is 1. The number of nitrogens with zero attached hydrogens (tertiary/aromatic N) is 1. The lowest BCUT2D eigenvalue weighted by atomic mass is 10.2. The molecule has 1 aromatic rings. The fourth-order valence-electron chi connectivity index (χ4n) is 1.04. The average Bonchev–Trinajstić information content (AvgIpc) is 2.25. The molecule has 0 amide bonds. The van der Waals surface area contributed by atoms with Gasteiger partial charge in [-0.2, -0.15) is 13.2 Å². The van der Waals surface area contributed by atoms with Crippen LogP contribution in [-0.2, 0) is 10.9 Å². The number of halogens is 3. The monoisotopic (exact) mass is 247 g/mol. The predicted molar refractivity (Wildman–Crippen MR) is 54.7 cm³/mol. The topological polar surface area (TPSA) is 39.2 Å². The highest BCUT2D eigenvalue weighted by atomic mass is 19.4. The summed E-state index contributed by atoms with van der Waals surface area (Å²) in [6.45, 7) is 3.33. The van der Waals surface area contributed by atoms with Crippen LogP contribution in [0, 0.1) is 0 Å². The summed E-state index contributed by atoms with van der Waals surface area (Å²) in [5.74, 6) is -0.438. The molecule has 0 aliphatic rings. The summed E-state index contributed by atoms with van der Waals surface area (Å²) in [6.07, 6.45) is -3.92. The van der Waals surface area contributed by atoms with Crippen molar-refractivity contribution in [3.63, 3.8) is 0 Å². The number of carbonyl (C=O) groups excluding carboxylic acids is 1. The van der Waals surface area contributed by atoms with Crippen LogP contribution in [0.15, 0.2) is 18.3 Å². The van der Waals surface area contributed by atoms with E-state index in [1.54, 1.807) is 13.8 Å². The molecule has 0 radical (unpaired) electrons. The minimum absolute atomic E-state index is 0.0290. The SMILES string of the molecule is CC(C)OCC(=O)c1ccc(C(F)(F)F)cn1. The Balaban J connectivity index is 2.71. The fraction of sp³-hybridized carbons (Fsp3) is 0.455. The van der Waals surface area contributed by atoms with E-state index in [4.69, 9.17) is 4.74 Å². The second-order valence-corrected chi connectivity index (χ2v) is 3.71. The van der Waals surface area contributed by atoms with Gasteiger partial charge in [0.1, 0.15) is 12.3 Å². The van der Waals surface area contributed by atoms with Crippen molar-refractivity contribution in [1.29, 1.82) is 0 Å². The van der Waals surface area contributed by atoms with E-state index in [-0.39, 0.29) is 18.4 Å². The summed E-state index contributed by atoms with van der Waals surface area (Å²) in [4.78, 5) is 14.9. The van der Waals surface area contributed by atoms with Crippen LogP contribution < -0.4 is 0 Å². The minimum Gasteiger partial charge on any atom is -0.371 e. The van der Waals surface area contributed by atoms with Crippen molar-refractivity contribution in [3.05, 3.63) is 29.6 Å². The largest absolute Gasteiger partial charge is 0.417 e. The maximum Gasteiger partial charge on any atom is 0.417 e. The lowest BCUT2D eigenvalue weighted by molar-refractivity contribution is -0.137. The van der Waals surface area contributed by atoms with Crippen molar-refractivity contribution in [2.24, 2.45) is 0 Å². The van der Waals surface area contributed by atoms with Crippen molar-refractivity contribution < 1.29 is 22.7 Å². The van der Waals surface area contributed by atoms with Gasteiger partial charge in [-0.25, -0.2) is 0 Å². The number of Topliss-reactive ketones (excluding diaryl/α,β-unsaturated/α-hetero) is 1. The number of ketones is 1. The van der Waals surface area contributed by atoms with E-state index in [1.807, 2.05) is 0 Å². The van der Waals surface area contributed by atoms with Gasteiger partial charge in [0.2, 0.25) is 5.78 Å². The Kier molecular flexibility index (Phi) is 4.22. The van der Waals surface area contributed by atoms with E-state index >= 15 is 0 Å². The third kappa shape index (κ3) is 4.14. The smallest absolute Gasteiger partial charge is 0.371 e. The molecule has 0 aromatic carbocycles. The van der Waals surface area contributed by atoms with Crippen LogP contribution in [0.5, 0.6) is 0 Å². The van der Waals surface area contributed by atoms with Crippen LogP contribution in [0.3, 0.4) is 0 Å². The third-order valence-corrected chi connectivity index (χ3v) is 1.92. The molecular formula is C11H12F3NO2. The molecule has 1 aromatic heterocycles. The molecule has 6 heteroatoms. The average molecular weight is 247 g/mol. The molecule has 0 N–H and O–H groups in total. The van der Waals surface area contributed by atoms with Gasteiger partial charge in [-0.15, -0.1) is 0 Å². The second-order valence-electron chi connectivity index (χ2n) is 3.71. The van der Waals surface area contributed by atoms with Crippen molar-refractivity contribution in [2.75, 3.05) is 6.61 Å². The van der Waals surface area contributed by atoms with Crippen LogP contribution in [0.4, 0.5) is 13.2 Å². The number of hydrogen-bond acceptors (Lipinski definition) is 3. The molecule has 0 saturated heterocycles. The maximum absolute atomic E-state index is 12.2. The fourth-order valence-corrected chi connectivity index (χ4v) is 1.04. The van der Waals surface area contributed by atoms with Crippen LogP contribution in [0.2, 0.25) is 0 Å². The second kappa shape index (κ2) is 5.27. The van der Waals surface area contributed by atoms with Crippen LogP contribution in [0.1, 0.15) is 29.9 Å². The number of rotatable bonds is 4. The van der Waals surface area contributed by atoms with Crippen molar-refractivity contribution in [1.82, 2.24) is 4.98 Å². The van der Waals surface area contributed by atoms with Crippen molar-refractivity contribution >= 4 is 5.78 Å². The van der Waals surface area contributed by atoms with Crippen molar-refractivity contribution in [2.45, 2.75) is 26.1 Å². The van der Waals surface area contributed by atoms with Gasteiger partial charge in [0.25, 0.3) is 0 Å². The zero-order valence-corrected chi connectivity index (χ0v) is 9.41. The number of hydrogen-bond donors (Lipinski definition) is 0. The number of pyridine rings is 1. The normalized spacial score (nSPS) is 11.9. The van der Waals surface area contributed by atoms with Gasteiger partial charge in [0.05, 0.1) is 11.7 Å². The standard InChI is InChI=1S/C11H12F3NO2/c1-7(2)17-6-10(16)9-4-3-8(5-15-9)11(12,13)14/h3-5,7H,6H2,1-2H3. The first-order valence-electron chi connectivity index (χ1n) is 4.98. The summed E-state index contributed by atoms with van der Waals surface area (Å²) < 4.78 is 41.7. The zero-order valence-electron chi connectivity index (χ0n) is 9.41. The first-order valence-corrected chi connectivity index (χ1v) is 4.98. The quantitative estimate of drug-likeness (QED) is 0.768. The van der Waals surface area contributed by atoms with E-state index < -0.39 is 17.5 Å². The van der Waals surface area contributed by atoms with E-state index in [0.717, 1.165) is 12.1 Å². The third-order valence-electron chi connectivity index (χ3n) is 1.92. The molecule has 0 aliphatic carbocycles. The summed E-state index contributed by atoms with van der Waals surface area (Å²) in [7, 11) is 0. The Morgan fingerprint density at radius 3 is 2.47 bits per heavy atom. The molecule has 17 heavy (non-hydrogen) atoms. The highest BCUT2D eigenvalue weighted by molar-refractivity contribution is 5.95. The van der Waals surface area contributed by atoms with Crippen LogP contribution >= 0.6 is 0 Å². The first-order chi connectivity index (χ1) is 7.80. The molecule has 0 aliphatic heterocycles. The maximum atomic E-state index is 12.2. The number of ether oxygens (including phenoxy) is 1. The number of alkyl halides is 3. The lowest BCUT2D eigenvalue weighted by Gasteiger charge is -2.08. The molecule has 1 heterocycles. The highest BCUT2D eigenvalue weighted by Gasteiger charge is 2.30.